The van der Waals surface area contributed by atoms with E-state index in [1.165, 1.54) is 4.90 Å². The van der Waals surface area contributed by atoms with E-state index in [1.54, 1.807) is 12.1 Å². The largest absolute Gasteiger partial charge is 0.453 e. The molecule has 0 unspecified atom stereocenters. The highest BCUT2D eigenvalue weighted by atomic mass is 16.5. The summed E-state index contributed by atoms with van der Waals surface area (Å²) in [7, 11) is 3.73. The number of rotatable bonds is 3. The lowest BCUT2D eigenvalue weighted by Gasteiger charge is -2.32. The topological polar surface area (TPSA) is 53.1 Å². The average molecular weight is 447 g/mol. The van der Waals surface area contributed by atoms with E-state index in [0.29, 0.717) is 16.8 Å². The van der Waals surface area contributed by atoms with Crippen LogP contribution in [0.2, 0.25) is 0 Å². The third-order valence-electron chi connectivity index (χ3n) is 6.17. The van der Waals surface area contributed by atoms with Crippen molar-refractivity contribution < 1.29 is 14.3 Å². The lowest BCUT2D eigenvalue weighted by Crippen LogP contribution is -2.29. The van der Waals surface area contributed by atoms with Crippen molar-refractivity contribution in [2.24, 2.45) is 0 Å². The van der Waals surface area contributed by atoms with Gasteiger partial charge in [0.2, 0.25) is 0 Å². The molecule has 0 aromatic heterocycles. The van der Waals surface area contributed by atoms with E-state index in [1.807, 2.05) is 97.9 Å². The highest BCUT2D eigenvalue weighted by Gasteiger charge is 2.39. The Kier molecular flexibility index (Phi) is 4.42. The van der Waals surface area contributed by atoms with Crippen molar-refractivity contribution in [2.75, 3.05) is 28.8 Å². The maximum Gasteiger partial charge on any atom is 0.268 e. The van der Waals surface area contributed by atoms with E-state index in [2.05, 4.69) is 4.90 Å². The van der Waals surface area contributed by atoms with Crippen molar-refractivity contribution in [2.45, 2.75) is 0 Å². The molecule has 6 nitrogen and oxygen atoms in total. The SMILES string of the molecule is CN(C)c1cccc2c1C(=O)N(c1ccc(N3c4ccccc4Oc4ccccc43)cc1)C2=O. The van der Waals surface area contributed by atoms with Gasteiger partial charge in [-0.15, -0.1) is 0 Å². The zero-order valence-corrected chi connectivity index (χ0v) is 18.7. The molecule has 0 fully saturated rings. The number of carbonyl (C=O) groups excluding carboxylic acids is 2. The van der Waals surface area contributed by atoms with Gasteiger partial charge in [0.15, 0.2) is 11.5 Å². The molecule has 0 aliphatic carbocycles. The van der Waals surface area contributed by atoms with Gasteiger partial charge in [-0.05, 0) is 60.7 Å². The van der Waals surface area contributed by atoms with Crippen LogP contribution >= 0.6 is 0 Å². The number of amides is 2. The Morgan fingerprint density at radius 2 is 1.18 bits per heavy atom. The van der Waals surface area contributed by atoms with Crippen LogP contribution in [-0.4, -0.2) is 25.9 Å². The number of imide groups is 1. The van der Waals surface area contributed by atoms with Crippen LogP contribution in [0.15, 0.2) is 91.0 Å². The first-order valence-corrected chi connectivity index (χ1v) is 11.0. The van der Waals surface area contributed by atoms with Crippen LogP contribution in [0.1, 0.15) is 20.7 Å². The van der Waals surface area contributed by atoms with E-state index in [9.17, 15) is 9.59 Å². The van der Waals surface area contributed by atoms with Crippen molar-refractivity contribution in [3.05, 3.63) is 102 Å². The van der Waals surface area contributed by atoms with Crippen LogP contribution in [0, 0.1) is 0 Å². The molecule has 4 aromatic rings. The number of para-hydroxylation sites is 4. The minimum atomic E-state index is -0.307. The summed E-state index contributed by atoms with van der Waals surface area (Å²) >= 11 is 0. The smallest absolute Gasteiger partial charge is 0.268 e. The fourth-order valence-corrected chi connectivity index (χ4v) is 4.61. The Labute approximate surface area is 197 Å². The molecule has 0 radical (unpaired) electrons. The number of carbonyl (C=O) groups is 2. The second-order valence-corrected chi connectivity index (χ2v) is 8.43. The molecular weight excluding hydrogens is 426 g/mol. The van der Waals surface area contributed by atoms with E-state index in [4.69, 9.17) is 4.74 Å². The number of anilines is 5. The van der Waals surface area contributed by atoms with E-state index in [0.717, 1.165) is 34.2 Å². The number of hydrogen-bond donors (Lipinski definition) is 0. The Morgan fingerprint density at radius 3 is 1.76 bits per heavy atom. The first-order chi connectivity index (χ1) is 16.5. The van der Waals surface area contributed by atoms with Crippen LogP contribution in [-0.2, 0) is 0 Å². The average Bonchev–Trinajstić information content (AvgIpc) is 3.12. The first kappa shape index (κ1) is 20.1. The number of fused-ring (bicyclic) bond motifs is 3. The summed E-state index contributed by atoms with van der Waals surface area (Å²) in [6.45, 7) is 0. The number of nitrogens with zero attached hydrogens (tertiary/aromatic N) is 3. The molecule has 0 spiro atoms. The molecule has 0 atom stereocenters. The fraction of sp³-hybridized carbons (Fsp3) is 0.0714. The second-order valence-electron chi connectivity index (χ2n) is 8.43. The van der Waals surface area contributed by atoms with Gasteiger partial charge < -0.3 is 14.5 Å². The minimum Gasteiger partial charge on any atom is -0.453 e. The molecule has 2 aliphatic rings. The minimum absolute atomic E-state index is 0.306. The lowest BCUT2D eigenvalue weighted by atomic mass is 10.1. The standard InChI is InChI=1S/C28H21N3O3/c1-29(2)23-11-7-8-20-26(23)28(33)31(27(20)32)19-16-14-18(15-17-19)30-21-9-3-5-12-24(21)34-25-13-6-4-10-22(25)30/h3-17H,1-2H3. The zero-order chi connectivity index (χ0) is 23.4. The number of benzene rings is 4. The normalized spacial score (nSPS) is 13.8. The molecule has 0 bridgehead atoms. The predicted octanol–water partition coefficient (Wildman–Crippen LogP) is 6.13. The summed E-state index contributed by atoms with van der Waals surface area (Å²) in [6.07, 6.45) is 0. The van der Waals surface area contributed by atoms with E-state index >= 15 is 0 Å². The molecule has 2 aliphatic heterocycles. The van der Waals surface area contributed by atoms with E-state index < -0.39 is 0 Å². The summed E-state index contributed by atoms with van der Waals surface area (Å²) < 4.78 is 6.09. The highest BCUT2D eigenvalue weighted by molar-refractivity contribution is 6.36. The van der Waals surface area contributed by atoms with E-state index in [-0.39, 0.29) is 11.8 Å². The van der Waals surface area contributed by atoms with Gasteiger partial charge in [0, 0.05) is 25.5 Å². The number of hydrogen-bond acceptors (Lipinski definition) is 5. The van der Waals surface area contributed by atoms with Gasteiger partial charge in [-0.25, -0.2) is 4.90 Å². The van der Waals surface area contributed by atoms with Crippen molar-refractivity contribution in [3.8, 4) is 11.5 Å². The molecule has 0 saturated heterocycles. The Balaban J connectivity index is 1.40. The van der Waals surface area contributed by atoms with Crippen molar-refractivity contribution >= 4 is 40.3 Å². The monoisotopic (exact) mass is 447 g/mol. The predicted molar refractivity (Wildman–Crippen MR) is 133 cm³/mol. The molecule has 6 rings (SSSR count). The van der Waals surface area contributed by atoms with Gasteiger partial charge in [0.25, 0.3) is 11.8 Å². The molecule has 0 N–H and O–H groups in total. The highest BCUT2D eigenvalue weighted by Crippen LogP contribution is 2.50. The fourth-order valence-electron chi connectivity index (χ4n) is 4.61. The molecule has 0 saturated carbocycles. The Bertz CT molecular complexity index is 1410. The first-order valence-electron chi connectivity index (χ1n) is 11.0. The van der Waals surface area contributed by atoms with Gasteiger partial charge in [-0.1, -0.05) is 30.3 Å². The molecule has 166 valence electrons. The lowest BCUT2D eigenvalue weighted by molar-refractivity contribution is 0.0926. The maximum atomic E-state index is 13.3. The Morgan fingerprint density at radius 1 is 0.618 bits per heavy atom. The zero-order valence-electron chi connectivity index (χ0n) is 18.7. The molecule has 2 heterocycles. The summed E-state index contributed by atoms with van der Waals surface area (Å²) in [6, 6.07) is 28.5. The Hall–Kier alpha value is -4.58. The molecular formula is C28H21N3O3. The molecule has 6 heteroatoms. The van der Waals surface area contributed by atoms with Crippen molar-refractivity contribution in [1.29, 1.82) is 0 Å². The summed E-state index contributed by atoms with van der Waals surface area (Å²) in [5.74, 6) is 0.918. The van der Waals surface area contributed by atoms with Crippen molar-refractivity contribution in [1.82, 2.24) is 0 Å². The van der Waals surface area contributed by atoms with Crippen LogP contribution < -0.4 is 19.4 Å². The molecule has 34 heavy (non-hydrogen) atoms. The second kappa shape index (κ2) is 7.49. The summed E-state index contributed by atoms with van der Waals surface area (Å²) in [4.78, 5) is 31.7. The quantitative estimate of drug-likeness (QED) is 0.312. The van der Waals surface area contributed by atoms with Gasteiger partial charge in [-0.2, -0.15) is 0 Å². The summed E-state index contributed by atoms with van der Waals surface area (Å²) in [5, 5.41) is 0. The van der Waals surface area contributed by atoms with Crippen LogP contribution in [0.5, 0.6) is 11.5 Å². The third-order valence-corrected chi connectivity index (χ3v) is 6.17. The van der Waals surface area contributed by atoms with Crippen LogP contribution in [0.4, 0.5) is 28.4 Å². The van der Waals surface area contributed by atoms with Crippen LogP contribution in [0.25, 0.3) is 0 Å². The van der Waals surface area contributed by atoms with Gasteiger partial charge in [0.05, 0.1) is 28.2 Å². The van der Waals surface area contributed by atoms with Crippen LogP contribution in [0.3, 0.4) is 0 Å². The van der Waals surface area contributed by atoms with Gasteiger partial charge in [-0.3, -0.25) is 9.59 Å². The maximum absolute atomic E-state index is 13.3. The number of ether oxygens (including phenoxy) is 1. The molecule has 4 aromatic carbocycles. The molecule has 2 amide bonds. The summed E-state index contributed by atoms with van der Waals surface area (Å²) in [5.41, 5.74) is 4.88. The van der Waals surface area contributed by atoms with Gasteiger partial charge in [0.1, 0.15) is 0 Å². The van der Waals surface area contributed by atoms with Crippen molar-refractivity contribution in [3.63, 3.8) is 0 Å². The van der Waals surface area contributed by atoms with Gasteiger partial charge >= 0.3 is 0 Å². The third kappa shape index (κ3) is 2.89.